The number of hydrogen-bond acceptors (Lipinski definition) is 3. The maximum Gasteiger partial charge on any atom is 0.394 e. The van der Waals surface area contributed by atoms with E-state index in [0.717, 1.165) is 25.7 Å². The highest BCUT2D eigenvalue weighted by atomic mass is 16.4. The average Bonchev–Trinajstić information content (AvgIpc) is 2.26. The molecule has 1 rings (SSSR count). The van der Waals surface area contributed by atoms with Crippen LogP contribution in [-0.4, -0.2) is 29.6 Å². The van der Waals surface area contributed by atoms with Gasteiger partial charge in [0.15, 0.2) is 0 Å². The molecule has 1 saturated carbocycles. The first-order valence-electron chi connectivity index (χ1n) is 5.39. The zero-order valence-electron chi connectivity index (χ0n) is 8.74. The van der Waals surface area contributed by atoms with Crippen LogP contribution in [-0.2, 0) is 9.59 Å². The van der Waals surface area contributed by atoms with Crippen LogP contribution < -0.4 is 11.1 Å². The second-order valence-electron chi connectivity index (χ2n) is 4.02. The van der Waals surface area contributed by atoms with Crippen LogP contribution in [0.15, 0.2) is 0 Å². The molecule has 86 valence electrons. The summed E-state index contributed by atoms with van der Waals surface area (Å²) in [5.41, 5.74) is 5.54. The van der Waals surface area contributed by atoms with Gasteiger partial charge in [-0.15, -0.1) is 0 Å². The van der Waals surface area contributed by atoms with Crippen LogP contribution >= 0.6 is 0 Å². The molecular formula is C10H18N2O3. The third-order valence-electron chi connectivity index (χ3n) is 2.98. The molecule has 0 unspecified atom stereocenters. The highest BCUT2D eigenvalue weighted by molar-refractivity contribution is 6.31. The molecule has 0 radical (unpaired) electrons. The predicted molar refractivity (Wildman–Crippen MR) is 55.2 cm³/mol. The van der Waals surface area contributed by atoms with Crippen LogP contribution in [0.1, 0.15) is 32.1 Å². The monoisotopic (exact) mass is 214 g/mol. The summed E-state index contributed by atoms with van der Waals surface area (Å²) in [5, 5.41) is 10.9. The number of nitrogens with one attached hydrogen (secondary N) is 1. The molecule has 0 aromatic rings. The van der Waals surface area contributed by atoms with E-state index in [1.54, 1.807) is 0 Å². The summed E-state index contributed by atoms with van der Waals surface area (Å²) in [6.45, 7) is 0.309. The van der Waals surface area contributed by atoms with Crippen molar-refractivity contribution in [1.29, 1.82) is 0 Å². The molecule has 0 saturated heterocycles. The summed E-state index contributed by atoms with van der Waals surface area (Å²) in [5.74, 6) is -2.05. The lowest BCUT2D eigenvalue weighted by Crippen LogP contribution is -2.48. The van der Waals surface area contributed by atoms with Gasteiger partial charge in [-0.3, -0.25) is 4.79 Å². The molecular weight excluding hydrogens is 196 g/mol. The van der Waals surface area contributed by atoms with E-state index in [0.29, 0.717) is 12.5 Å². The fourth-order valence-electron chi connectivity index (χ4n) is 2.14. The molecule has 1 aliphatic rings. The lowest BCUT2D eigenvalue weighted by Gasteiger charge is -2.29. The first kappa shape index (κ1) is 12.0. The van der Waals surface area contributed by atoms with Crippen molar-refractivity contribution < 1.29 is 14.7 Å². The van der Waals surface area contributed by atoms with Crippen molar-refractivity contribution in [3.8, 4) is 0 Å². The fraction of sp³-hybridized carbons (Fsp3) is 0.800. The van der Waals surface area contributed by atoms with Gasteiger partial charge in [-0.05, 0) is 18.8 Å². The van der Waals surface area contributed by atoms with Gasteiger partial charge in [-0.1, -0.05) is 19.3 Å². The molecule has 0 bridgehead atoms. The lowest BCUT2D eigenvalue weighted by atomic mass is 9.84. The number of amides is 1. The molecule has 1 atom stereocenters. The van der Waals surface area contributed by atoms with Gasteiger partial charge in [0.05, 0.1) is 0 Å². The molecule has 1 fully saturated rings. The first-order valence-corrected chi connectivity index (χ1v) is 5.39. The Hall–Kier alpha value is -1.10. The minimum atomic E-state index is -1.44. The van der Waals surface area contributed by atoms with Crippen LogP contribution in [0, 0.1) is 5.92 Å². The molecule has 0 aromatic heterocycles. The minimum Gasteiger partial charge on any atom is -0.474 e. The molecule has 15 heavy (non-hydrogen) atoms. The third kappa shape index (κ3) is 3.51. The zero-order chi connectivity index (χ0) is 11.3. The molecule has 0 aromatic carbocycles. The fourth-order valence-corrected chi connectivity index (χ4v) is 2.14. The normalized spacial score (nSPS) is 19.5. The number of nitrogens with two attached hydrogens (primary N) is 1. The van der Waals surface area contributed by atoms with Gasteiger partial charge in [-0.25, -0.2) is 4.79 Å². The lowest BCUT2D eigenvalue weighted by molar-refractivity contribution is -0.150. The standard InChI is InChI=1S/C10H18N2O3/c11-6-8(12-9(13)10(14)15)7-4-2-1-3-5-7/h7-8H,1-6,11H2,(H,12,13)(H,14,15)/t8-/m1/s1. The summed E-state index contributed by atoms with van der Waals surface area (Å²) in [6, 6.07) is -0.186. The van der Waals surface area contributed by atoms with Gasteiger partial charge in [0.1, 0.15) is 0 Å². The Morgan fingerprint density at radius 3 is 2.40 bits per heavy atom. The molecule has 5 nitrogen and oxygen atoms in total. The first-order chi connectivity index (χ1) is 7.15. The highest BCUT2D eigenvalue weighted by Crippen LogP contribution is 2.26. The highest BCUT2D eigenvalue weighted by Gasteiger charge is 2.25. The Labute approximate surface area is 89.0 Å². The Balaban J connectivity index is 2.46. The summed E-state index contributed by atoms with van der Waals surface area (Å²) < 4.78 is 0. The van der Waals surface area contributed by atoms with E-state index < -0.39 is 11.9 Å². The van der Waals surface area contributed by atoms with E-state index in [2.05, 4.69) is 5.32 Å². The average molecular weight is 214 g/mol. The van der Waals surface area contributed by atoms with Crippen LogP contribution in [0.2, 0.25) is 0 Å². The Bertz CT molecular complexity index is 237. The molecule has 1 aliphatic carbocycles. The maximum atomic E-state index is 11.0. The number of carbonyl (C=O) groups is 2. The van der Waals surface area contributed by atoms with Gasteiger partial charge in [0.25, 0.3) is 0 Å². The third-order valence-corrected chi connectivity index (χ3v) is 2.98. The molecule has 4 N–H and O–H groups in total. The van der Waals surface area contributed by atoms with Crippen molar-refractivity contribution in [1.82, 2.24) is 5.32 Å². The topological polar surface area (TPSA) is 92.4 Å². The predicted octanol–water partition coefficient (Wildman–Crippen LogP) is 0.0948. The number of carbonyl (C=O) groups excluding carboxylic acids is 1. The second-order valence-corrected chi connectivity index (χ2v) is 4.02. The van der Waals surface area contributed by atoms with E-state index in [1.807, 2.05) is 0 Å². The van der Waals surface area contributed by atoms with Crippen LogP contribution in [0.5, 0.6) is 0 Å². The molecule has 0 spiro atoms. The van der Waals surface area contributed by atoms with E-state index in [-0.39, 0.29) is 6.04 Å². The largest absolute Gasteiger partial charge is 0.474 e. The van der Waals surface area contributed by atoms with Gasteiger partial charge in [0, 0.05) is 12.6 Å². The summed E-state index contributed by atoms with van der Waals surface area (Å²) in [7, 11) is 0. The maximum absolute atomic E-state index is 11.0. The summed E-state index contributed by atoms with van der Waals surface area (Å²) >= 11 is 0. The zero-order valence-corrected chi connectivity index (χ0v) is 8.74. The summed E-state index contributed by atoms with van der Waals surface area (Å²) in [4.78, 5) is 21.4. The van der Waals surface area contributed by atoms with Crippen molar-refractivity contribution in [3.05, 3.63) is 0 Å². The number of aliphatic carboxylic acids is 1. The Morgan fingerprint density at radius 2 is 1.93 bits per heavy atom. The molecule has 1 amide bonds. The number of carboxylic acids is 1. The van der Waals surface area contributed by atoms with Gasteiger partial charge in [0.2, 0.25) is 0 Å². The van der Waals surface area contributed by atoms with Crippen molar-refractivity contribution in [3.63, 3.8) is 0 Å². The second kappa shape index (κ2) is 5.70. The molecule has 0 heterocycles. The van der Waals surface area contributed by atoms with Gasteiger partial charge < -0.3 is 16.2 Å². The SMILES string of the molecule is NC[C@@H](NC(=O)C(=O)O)C1CCCCC1. The van der Waals surface area contributed by atoms with Gasteiger partial charge >= 0.3 is 11.9 Å². The van der Waals surface area contributed by atoms with E-state index >= 15 is 0 Å². The van der Waals surface area contributed by atoms with Crippen molar-refractivity contribution in [2.45, 2.75) is 38.1 Å². The van der Waals surface area contributed by atoms with Crippen LogP contribution in [0.25, 0.3) is 0 Å². The van der Waals surface area contributed by atoms with E-state index in [9.17, 15) is 9.59 Å². The van der Waals surface area contributed by atoms with Crippen molar-refractivity contribution in [2.75, 3.05) is 6.54 Å². The quantitative estimate of drug-likeness (QED) is 0.581. The van der Waals surface area contributed by atoms with Crippen LogP contribution in [0.4, 0.5) is 0 Å². The number of hydrogen-bond donors (Lipinski definition) is 3. The Kier molecular flexibility index (Phi) is 4.55. The smallest absolute Gasteiger partial charge is 0.394 e. The Morgan fingerprint density at radius 1 is 1.33 bits per heavy atom. The van der Waals surface area contributed by atoms with E-state index in [4.69, 9.17) is 10.8 Å². The molecule has 0 aliphatic heterocycles. The number of rotatable bonds is 3. The van der Waals surface area contributed by atoms with E-state index in [1.165, 1.54) is 6.42 Å². The minimum absolute atomic E-state index is 0.186. The number of carboxylic acid groups (broad SMARTS) is 1. The van der Waals surface area contributed by atoms with Crippen molar-refractivity contribution >= 4 is 11.9 Å². The van der Waals surface area contributed by atoms with Gasteiger partial charge in [-0.2, -0.15) is 0 Å². The van der Waals surface area contributed by atoms with Crippen LogP contribution in [0.3, 0.4) is 0 Å². The van der Waals surface area contributed by atoms with Crippen molar-refractivity contribution in [2.24, 2.45) is 11.7 Å². The molecule has 5 heteroatoms. The summed E-state index contributed by atoms with van der Waals surface area (Å²) in [6.07, 6.45) is 5.57.